The van der Waals surface area contributed by atoms with E-state index in [0.717, 1.165) is 4.90 Å². The Labute approximate surface area is 116 Å². The second kappa shape index (κ2) is 5.21. The number of aliphatic carboxylic acids is 1. The highest BCUT2D eigenvalue weighted by atomic mass is 32.2. The Morgan fingerprint density at radius 3 is 2.50 bits per heavy atom. The van der Waals surface area contributed by atoms with Gasteiger partial charge in [-0.2, -0.15) is 0 Å². The molecule has 2 heterocycles. The standard InChI is InChI=1S/C11H18N2O6S/c1-12(7-2-3-20(18,19)6-7)11(17)13-5-8(14)4-9(13)10(15)16/h7-9,14H,2-6H2,1H3,(H,15,16)/t7?,8-,9+/m1/s1. The van der Waals surface area contributed by atoms with E-state index in [-0.39, 0.29) is 24.5 Å². The summed E-state index contributed by atoms with van der Waals surface area (Å²) in [5, 5.41) is 18.6. The van der Waals surface area contributed by atoms with Gasteiger partial charge in [0, 0.05) is 26.1 Å². The number of carbonyl (C=O) groups is 2. The number of aliphatic hydroxyl groups excluding tert-OH is 1. The Hall–Kier alpha value is -1.35. The van der Waals surface area contributed by atoms with E-state index >= 15 is 0 Å². The lowest BCUT2D eigenvalue weighted by atomic mass is 10.2. The fraction of sp³-hybridized carbons (Fsp3) is 0.818. The van der Waals surface area contributed by atoms with Gasteiger partial charge in [0.1, 0.15) is 6.04 Å². The van der Waals surface area contributed by atoms with E-state index in [9.17, 15) is 23.1 Å². The van der Waals surface area contributed by atoms with E-state index in [1.54, 1.807) is 0 Å². The minimum atomic E-state index is -3.12. The number of carboxylic acids is 1. The van der Waals surface area contributed by atoms with Crippen molar-refractivity contribution in [3.05, 3.63) is 0 Å². The van der Waals surface area contributed by atoms with Crippen LogP contribution in [-0.4, -0.2) is 83.7 Å². The zero-order valence-corrected chi connectivity index (χ0v) is 11.9. The molecule has 2 aliphatic rings. The van der Waals surface area contributed by atoms with E-state index in [1.165, 1.54) is 11.9 Å². The lowest BCUT2D eigenvalue weighted by molar-refractivity contribution is -0.141. The fourth-order valence-electron chi connectivity index (χ4n) is 2.70. The Bertz CT molecular complexity index is 519. The molecule has 2 fully saturated rings. The largest absolute Gasteiger partial charge is 0.480 e. The number of hydrogen-bond donors (Lipinski definition) is 2. The van der Waals surface area contributed by atoms with Gasteiger partial charge in [0.25, 0.3) is 0 Å². The van der Waals surface area contributed by atoms with Crippen LogP contribution in [0, 0.1) is 0 Å². The van der Waals surface area contributed by atoms with Crippen LogP contribution < -0.4 is 0 Å². The van der Waals surface area contributed by atoms with Gasteiger partial charge in [-0.05, 0) is 6.42 Å². The number of likely N-dealkylation sites (tertiary alicyclic amines) is 1. The smallest absolute Gasteiger partial charge is 0.326 e. The molecular weight excluding hydrogens is 288 g/mol. The molecule has 1 unspecified atom stereocenters. The number of nitrogens with zero attached hydrogens (tertiary/aromatic N) is 2. The molecule has 2 amide bonds. The Morgan fingerprint density at radius 1 is 1.35 bits per heavy atom. The second-order valence-corrected chi connectivity index (χ2v) is 7.57. The first-order valence-corrected chi connectivity index (χ1v) is 8.18. The summed E-state index contributed by atoms with van der Waals surface area (Å²) in [4.78, 5) is 25.7. The number of carbonyl (C=O) groups excluding carboxylic acids is 1. The number of β-amino-alcohol motifs (C(OH)–C–C–N with tert-alkyl or cyclic N) is 1. The van der Waals surface area contributed by atoms with Crippen LogP contribution in [0.15, 0.2) is 0 Å². The lowest BCUT2D eigenvalue weighted by Gasteiger charge is -2.30. The molecule has 2 aliphatic heterocycles. The van der Waals surface area contributed by atoms with Crippen LogP contribution in [0.5, 0.6) is 0 Å². The summed E-state index contributed by atoms with van der Waals surface area (Å²) in [5.41, 5.74) is 0. The normalized spacial score (nSPS) is 32.3. The van der Waals surface area contributed by atoms with Crippen molar-refractivity contribution in [2.45, 2.75) is 31.0 Å². The summed E-state index contributed by atoms with van der Waals surface area (Å²) in [6.45, 7) is -0.0421. The molecule has 0 bridgehead atoms. The number of aliphatic hydroxyl groups is 1. The summed E-state index contributed by atoms with van der Waals surface area (Å²) in [5.74, 6) is -1.22. The molecule has 20 heavy (non-hydrogen) atoms. The van der Waals surface area contributed by atoms with Crippen molar-refractivity contribution >= 4 is 21.8 Å². The number of carboxylic acid groups (broad SMARTS) is 1. The predicted octanol–water partition coefficient (Wildman–Crippen LogP) is -1.25. The minimum Gasteiger partial charge on any atom is -0.480 e. The highest BCUT2D eigenvalue weighted by Crippen LogP contribution is 2.23. The molecule has 8 nitrogen and oxygen atoms in total. The van der Waals surface area contributed by atoms with Gasteiger partial charge in [0.15, 0.2) is 9.84 Å². The zero-order valence-electron chi connectivity index (χ0n) is 11.1. The number of sulfone groups is 1. The average Bonchev–Trinajstić information content (AvgIpc) is 2.90. The van der Waals surface area contributed by atoms with Gasteiger partial charge in [-0.3, -0.25) is 0 Å². The van der Waals surface area contributed by atoms with Crippen LogP contribution >= 0.6 is 0 Å². The second-order valence-electron chi connectivity index (χ2n) is 5.35. The Balaban J connectivity index is 2.08. The van der Waals surface area contributed by atoms with Crippen LogP contribution in [0.3, 0.4) is 0 Å². The van der Waals surface area contributed by atoms with Gasteiger partial charge in [-0.15, -0.1) is 0 Å². The van der Waals surface area contributed by atoms with Crippen LogP contribution in [0.25, 0.3) is 0 Å². The molecule has 0 spiro atoms. The van der Waals surface area contributed by atoms with Gasteiger partial charge in [0.05, 0.1) is 17.6 Å². The maximum absolute atomic E-state index is 12.3. The number of amides is 2. The Morgan fingerprint density at radius 2 is 2.00 bits per heavy atom. The summed E-state index contributed by atoms with van der Waals surface area (Å²) >= 11 is 0. The maximum Gasteiger partial charge on any atom is 0.326 e. The summed E-state index contributed by atoms with van der Waals surface area (Å²) in [6, 6.07) is -2.03. The third-order valence-corrected chi connectivity index (χ3v) is 5.62. The van der Waals surface area contributed by atoms with E-state index in [1.807, 2.05) is 0 Å². The molecule has 114 valence electrons. The first-order chi connectivity index (χ1) is 9.21. The van der Waals surface area contributed by atoms with Gasteiger partial charge < -0.3 is 20.0 Å². The van der Waals surface area contributed by atoms with Crippen molar-refractivity contribution in [3.63, 3.8) is 0 Å². The van der Waals surface area contributed by atoms with E-state index in [2.05, 4.69) is 0 Å². The average molecular weight is 306 g/mol. The van der Waals surface area contributed by atoms with Crippen molar-refractivity contribution in [2.75, 3.05) is 25.1 Å². The van der Waals surface area contributed by atoms with Crippen molar-refractivity contribution in [2.24, 2.45) is 0 Å². The molecular formula is C11H18N2O6S. The van der Waals surface area contributed by atoms with Gasteiger partial charge in [-0.1, -0.05) is 0 Å². The molecule has 2 rings (SSSR count). The number of urea groups is 1. The first kappa shape index (κ1) is 15.0. The third kappa shape index (κ3) is 2.88. The highest BCUT2D eigenvalue weighted by molar-refractivity contribution is 7.91. The molecule has 2 saturated heterocycles. The summed E-state index contributed by atoms with van der Waals surface area (Å²) in [6.07, 6.45) is -0.503. The molecule has 0 aromatic carbocycles. The molecule has 3 atom stereocenters. The van der Waals surface area contributed by atoms with Gasteiger partial charge in [-0.25, -0.2) is 18.0 Å². The van der Waals surface area contributed by atoms with Crippen molar-refractivity contribution in [3.8, 4) is 0 Å². The van der Waals surface area contributed by atoms with Crippen LogP contribution in [0.4, 0.5) is 4.79 Å². The van der Waals surface area contributed by atoms with Crippen molar-refractivity contribution in [1.29, 1.82) is 0 Å². The van der Waals surface area contributed by atoms with E-state index < -0.39 is 40.0 Å². The SMILES string of the molecule is CN(C(=O)N1C[C@H](O)C[C@H]1C(=O)O)C1CCS(=O)(=O)C1. The molecule has 2 N–H and O–H groups in total. The topological polar surface area (TPSA) is 115 Å². The monoisotopic (exact) mass is 306 g/mol. The lowest BCUT2D eigenvalue weighted by Crippen LogP contribution is -2.50. The molecule has 0 radical (unpaired) electrons. The van der Waals surface area contributed by atoms with E-state index in [4.69, 9.17) is 5.11 Å². The molecule has 0 aliphatic carbocycles. The zero-order chi connectivity index (χ0) is 15.1. The number of hydrogen-bond acceptors (Lipinski definition) is 5. The number of rotatable bonds is 2. The predicted molar refractivity (Wildman–Crippen MR) is 69.0 cm³/mol. The van der Waals surface area contributed by atoms with Crippen molar-refractivity contribution < 1.29 is 28.2 Å². The molecule has 9 heteroatoms. The quantitative estimate of drug-likeness (QED) is 0.658. The van der Waals surface area contributed by atoms with Gasteiger partial charge >= 0.3 is 12.0 Å². The van der Waals surface area contributed by atoms with Gasteiger partial charge in [0.2, 0.25) is 0 Å². The van der Waals surface area contributed by atoms with Crippen molar-refractivity contribution in [1.82, 2.24) is 9.80 Å². The highest BCUT2D eigenvalue weighted by Gasteiger charge is 2.42. The summed E-state index contributed by atoms with van der Waals surface area (Å²) in [7, 11) is -1.65. The maximum atomic E-state index is 12.3. The third-order valence-electron chi connectivity index (χ3n) is 3.87. The molecule has 0 aromatic heterocycles. The minimum absolute atomic E-state index is 0.00210. The molecule has 0 aromatic rings. The Kier molecular flexibility index (Phi) is 3.92. The van der Waals surface area contributed by atoms with Crippen LogP contribution in [0.2, 0.25) is 0 Å². The van der Waals surface area contributed by atoms with Crippen LogP contribution in [-0.2, 0) is 14.6 Å². The van der Waals surface area contributed by atoms with Crippen LogP contribution in [0.1, 0.15) is 12.8 Å². The molecule has 0 saturated carbocycles. The van der Waals surface area contributed by atoms with E-state index in [0.29, 0.717) is 6.42 Å². The summed E-state index contributed by atoms with van der Waals surface area (Å²) < 4.78 is 22.9. The fourth-order valence-corrected chi connectivity index (χ4v) is 4.47. The first-order valence-electron chi connectivity index (χ1n) is 6.36.